The Labute approximate surface area is 115 Å². The number of nitrogens with one attached hydrogen (secondary N) is 1. The minimum absolute atomic E-state index is 0.149. The van der Waals surface area contributed by atoms with Crippen molar-refractivity contribution < 1.29 is 4.79 Å². The molecule has 3 rings (SSSR count). The minimum atomic E-state index is -0.149. The summed E-state index contributed by atoms with van der Waals surface area (Å²) >= 11 is 1.56. The zero-order chi connectivity index (χ0) is 13.2. The van der Waals surface area contributed by atoms with Gasteiger partial charge in [0.2, 0.25) is 0 Å². The smallest absolute Gasteiger partial charge is 0.275 e. The van der Waals surface area contributed by atoms with E-state index in [1.807, 2.05) is 48.7 Å². The summed E-state index contributed by atoms with van der Waals surface area (Å²) in [5.74, 6) is 0.488. The Morgan fingerprint density at radius 3 is 2.68 bits per heavy atom. The number of benzene rings is 1. The third-order valence-corrected chi connectivity index (χ3v) is 3.71. The first-order chi connectivity index (χ1) is 9.22. The van der Waals surface area contributed by atoms with Crippen molar-refractivity contribution >= 4 is 29.2 Å². The Kier molecular flexibility index (Phi) is 3.01. The molecular weight excluding hydrogens is 256 g/mol. The molecule has 1 amide bonds. The zero-order valence-electron chi connectivity index (χ0n) is 10.4. The number of nitrogens with zero attached hydrogens (tertiary/aromatic N) is 1. The van der Waals surface area contributed by atoms with Crippen LogP contribution in [-0.4, -0.2) is 11.7 Å². The number of thiophene rings is 1. The van der Waals surface area contributed by atoms with E-state index in [4.69, 9.17) is 0 Å². The van der Waals surface area contributed by atoms with Crippen LogP contribution in [0.1, 0.15) is 16.0 Å². The van der Waals surface area contributed by atoms with Gasteiger partial charge in [-0.3, -0.25) is 4.79 Å². The molecule has 0 spiro atoms. The Hall–Kier alpha value is -2.20. The standard InChI is InChI=1S/C15H12N2OS/c1-10-4-6-11(7-5-10)9-12-15(18)17-14(16-12)13-3-2-8-19-13/h2-9H,1H3,(H,16,17,18)/b12-9+. The van der Waals surface area contributed by atoms with E-state index in [2.05, 4.69) is 10.3 Å². The van der Waals surface area contributed by atoms with Crippen molar-refractivity contribution in [2.45, 2.75) is 6.92 Å². The van der Waals surface area contributed by atoms with E-state index >= 15 is 0 Å². The Morgan fingerprint density at radius 2 is 2.00 bits per heavy atom. The van der Waals surface area contributed by atoms with E-state index in [0.29, 0.717) is 11.5 Å². The fourth-order valence-electron chi connectivity index (χ4n) is 1.82. The van der Waals surface area contributed by atoms with Crippen molar-refractivity contribution in [1.29, 1.82) is 0 Å². The van der Waals surface area contributed by atoms with Gasteiger partial charge in [-0.1, -0.05) is 35.9 Å². The van der Waals surface area contributed by atoms with Crippen LogP contribution in [-0.2, 0) is 4.79 Å². The second-order valence-corrected chi connectivity index (χ2v) is 5.28. The van der Waals surface area contributed by atoms with Crippen LogP contribution in [0.2, 0.25) is 0 Å². The summed E-state index contributed by atoms with van der Waals surface area (Å²) in [5.41, 5.74) is 2.62. The minimum Gasteiger partial charge on any atom is -0.304 e. The van der Waals surface area contributed by atoms with Crippen LogP contribution in [0, 0.1) is 6.92 Å². The molecule has 0 atom stereocenters. The topological polar surface area (TPSA) is 41.5 Å². The second-order valence-electron chi connectivity index (χ2n) is 4.33. The van der Waals surface area contributed by atoms with Crippen molar-refractivity contribution in [2.24, 2.45) is 4.99 Å². The van der Waals surface area contributed by atoms with Gasteiger partial charge in [-0.15, -0.1) is 11.3 Å². The molecule has 1 N–H and O–H groups in total. The fraction of sp³-hybridized carbons (Fsp3) is 0.0667. The number of hydrogen-bond donors (Lipinski definition) is 1. The van der Waals surface area contributed by atoms with Gasteiger partial charge < -0.3 is 5.32 Å². The molecule has 0 saturated heterocycles. The molecule has 3 nitrogen and oxygen atoms in total. The van der Waals surface area contributed by atoms with Crippen LogP contribution < -0.4 is 5.32 Å². The number of rotatable bonds is 2. The third-order valence-electron chi connectivity index (χ3n) is 2.83. The molecule has 0 unspecified atom stereocenters. The van der Waals surface area contributed by atoms with Gasteiger partial charge in [0.25, 0.3) is 5.91 Å². The summed E-state index contributed by atoms with van der Waals surface area (Å²) in [7, 11) is 0. The lowest BCUT2D eigenvalue weighted by Crippen LogP contribution is -2.23. The molecule has 0 bridgehead atoms. The first kappa shape index (κ1) is 11.9. The highest BCUT2D eigenvalue weighted by molar-refractivity contribution is 7.12. The van der Waals surface area contributed by atoms with Gasteiger partial charge in [0, 0.05) is 0 Å². The monoisotopic (exact) mass is 268 g/mol. The normalized spacial score (nSPS) is 16.6. The SMILES string of the molecule is Cc1ccc(/C=C2/N=C(c3cccs3)NC2=O)cc1. The van der Waals surface area contributed by atoms with Gasteiger partial charge in [-0.05, 0) is 30.0 Å². The molecule has 1 aliphatic heterocycles. The molecule has 19 heavy (non-hydrogen) atoms. The van der Waals surface area contributed by atoms with Crippen LogP contribution in [0.25, 0.3) is 6.08 Å². The Morgan fingerprint density at radius 1 is 1.21 bits per heavy atom. The van der Waals surface area contributed by atoms with Crippen LogP contribution in [0.15, 0.2) is 52.5 Å². The summed E-state index contributed by atoms with van der Waals surface area (Å²) in [6.07, 6.45) is 1.80. The molecular formula is C15H12N2OS. The quantitative estimate of drug-likeness (QED) is 0.836. The lowest BCUT2D eigenvalue weighted by atomic mass is 10.1. The summed E-state index contributed by atoms with van der Waals surface area (Å²) in [6.45, 7) is 2.03. The largest absolute Gasteiger partial charge is 0.304 e. The lowest BCUT2D eigenvalue weighted by molar-refractivity contribution is -0.115. The second kappa shape index (κ2) is 4.82. The van der Waals surface area contributed by atoms with E-state index in [1.54, 1.807) is 17.4 Å². The number of amides is 1. The average Bonchev–Trinajstić information content (AvgIpc) is 3.03. The average molecular weight is 268 g/mol. The number of hydrogen-bond acceptors (Lipinski definition) is 3. The zero-order valence-corrected chi connectivity index (χ0v) is 11.2. The number of aryl methyl sites for hydroxylation is 1. The van der Waals surface area contributed by atoms with Gasteiger partial charge in [0.1, 0.15) is 5.70 Å². The third kappa shape index (κ3) is 2.48. The summed E-state index contributed by atoms with van der Waals surface area (Å²) in [4.78, 5) is 17.2. The molecule has 1 aromatic carbocycles. The highest BCUT2D eigenvalue weighted by Gasteiger charge is 2.21. The summed E-state index contributed by atoms with van der Waals surface area (Å²) in [5, 5.41) is 4.76. The van der Waals surface area contributed by atoms with Crippen LogP contribution >= 0.6 is 11.3 Å². The maximum Gasteiger partial charge on any atom is 0.275 e. The van der Waals surface area contributed by atoms with E-state index in [9.17, 15) is 4.79 Å². The van der Waals surface area contributed by atoms with E-state index in [0.717, 1.165) is 10.4 Å². The van der Waals surface area contributed by atoms with Crippen molar-refractivity contribution in [3.05, 3.63) is 63.5 Å². The molecule has 2 heterocycles. The van der Waals surface area contributed by atoms with Gasteiger partial charge in [-0.2, -0.15) is 0 Å². The molecule has 94 valence electrons. The van der Waals surface area contributed by atoms with Gasteiger partial charge >= 0.3 is 0 Å². The molecule has 0 aliphatic carbocycles. The van der Waals surface area contributed by atoms with Crippen molar-refractivity contribution in [2.75, 3.05) is 0 Å². The predicted octanol–water partition coefficient (Wildman–Crippen LogP) is 2.97. The molecule has 1 aliphatic rings. The highest BCUT2D eigenvalue weighted by Crippen LogP contribution is 2.17. The molecule has 0 fully saturated rings. The lowest BCUT2D eigenvalue weighted by Gasteiger charge is -1.95. The Balaban J connectivity index is 1.92. The van der Waals surface area contributed by atoms with Crippen LogP contribution in [0.3, 0.4) is 0 Å². The maximum atomic E-state index is 11.9. The fourth-order valence-corrected chi connectivity index (χ4v) is 2.49. The van der Waals surface area contributed by atoms with Crippen LogP contribution in [0.5, 0.6) is 0 Å². The van der Waals surface area contributed by atoms with Crippen LogP contribution in [0.4, 0.5) is 0 Å². The summed E-state index contributed by atoms with van der Waals surface area (Å²) in [6, 6.07) is 11.9. The molecule has 2 aromatic rings. The molecule has 1 aromatic heterocycles. The van der Waals surface area contributed by atoms with E-state index < -0.39 is 0 Å². The van der Waals surface area contributed by atoms with Crippen molar-refractivity contribution in [3.63, 3.8) is 0 Å². The highest BCUT2D eigenvalue weighted by atomic mass is 32.1. The Bertz CT molecular complexity index is 667. The molecule has 0 saturated carbocycles. The van der Waals surface area contributed by atoms with Gasteiger partial charge in [0.15, 0.2) is 5.84 Å². The van der Waals surface area contributed by atoms with Crippen molar-refractivity contribution in [1.82, 2.24) is 5.32 Å². The number of carbonyl (C=O) groups excluding carboxylic acids is 1. The molecule has 4 heteroatoms. The maximum absolute atomic E-state index is 11.9. The number of amidine groups is 1. The number of aliphatic imine (C=N–C) groups is 1. The first-order valence-corrected chi connectivity index (χ1v) is 6.82. The van der Waals surface area contributed by atoms with E-state index in [1.165, 1.54) is 5.56 Å². The van der Waals surface area contributed by atoms with Gasteiger partial charge in [-0.25, -0.2) is 4.99 Å². The summed E-state index contributed by atoms with van der Waals surface area (Å²) < 4.78 is 0. The molecule has 0 radical (unpaired) electrons. The predicted molar refractivity (Wildman–Crippen MR) is 78.2 cm³/mol. The number of carbonyl (C=O) groups is 1. The first-order valence-electron chi connectivity index (χ1n) is 5.95. The van der Waals surface area contributed by atoms with E-state index in [-0.39, 0.29) is 5.91 Å². The van der Waals surface area contributed by atoms with Crippen molar-refractivity contribution in [3.8, 4) is 0 Å². The van der Waals surface area contributed by atoms with Gasteiger partial charge in [0.05, 0.1) is 4.88 Å².